The van der Waals surface area contributed by atoms with Crippen LogP contribution in [-0.2, 0) is 6.54 Å². The summed E-state index contributed by atoms with van der Waals surface area (Å²) >= 11 is 0. The maximum atomic E-state index is 12.6. The van der Waals surface area contributed by atoms with Crippen LogP contribution >= 0.6 is 24.0 Å². The predicted octanol–water partition coefficient (Wildman–Crippen LogP) is 3.70. The largest absolute Gasteiger partial charge is 0.497 e. The topological polar surface area (TPSA) is 58.1 Å². The van der Waals surface area contributed by atoms with E-state index in [1.54, 1.807) is 19.2 Å². The summed E-state index contributed by atoms with van der Waals surface area (Å²) in [5.41, 5.74) is 0.575. The molecule has 1 aliphatic rings. The third kappa shape index (κ3) is 8.49. The van der Waals surface area contributed by atoms with E-state index in [4.69, 9.17) is 4.74 Å². The average Bonchev–Trinajstić information content (AvgIpc) is 2.68. The molecule has 1 saturated heterocycles. The average molecular weight is 526 g/mol. The Balaban J connectivity index is 0.00000420. The molecule has 29 heavy (non-hydrogen) atoms. The summed E-state index contributed by atoms with van der Waals surface area (Å²) in [7, 11) is 3.23. The summed E-state index contributed by atoms with van der Waals surface area (Å²) in [6.07, 6.45) is 2.39. The van der Waals surface area contributed by atoms with Gasteiger partial charge in [-0.05, 0) is 57.4 Å². The molecule has 0 spiro atoms. The van der Waals surface area contributed by atoms with E-state index in [-0.39, 0.29) is 29.7 Å². The molecule has 2 N–H and O–H groups in total. The summed E-state index contributed by atoms with van der Waals surface area (Å²) in [4.78, 5) is 6.73. The van der Waals surface area contributed by atoms with Crippen molar-refractivity contribution in [1.82, 2.24) is 15.5 Å². The molecule has 0 radical (unpaired) electrons. The van der Waals surface area contributed by atoms with Gasteiger partial charge in [-0.3, -0.25) is 4.99 Å². The van der Waals surface area contributed by atoms with Crippen LogP contribution in [0.3, 0.4) is 0 Å². The lowest BCUT2D eigenvalue weighted by Crippen LogP contribution is -2.46. The summed E-state index contributed by atoms with van der Waals surface area (Å²) in [6, 6.07) is 5.32. The molecule has 6 nitrogen and oxygen atoms in total. The number of hydrogen-bond acceptors (Lipinski definition) is 4. The predicted molar refractivity (Wildman–Crippen MR) is 123 cm³/mol. The Bertz CT molecular complexity index is 647. The van der Waals surface area contributed by atoms with Crippen LogP contribution in [0.4, 0.5) is 8.78 Å². The van der Waals surface area contributed by atoms with Gasteiger partial charge in [0.05, 0.1) is 7.11 Å². The zero-order valence-corrected chi connectivity index (χ0v) is 19.9. The van der Waals surface area contributed by atoms with E-state index < -0.39 is 6.61 Å². The highest BCUT2D eigenvalue weighted by molar-refractivity contribution is 14.0. The number of guanidine groups is 1. The van der Waals surface area contributed by atoms with Crippen LogP contribution in [0, 0.1) is 5.92 Å². The molecule has 1 heterocycles. The Labute approximate surface area is 189 Å². The van der Waals surface area contributed by atoms with Crippen molar-refractivity contribution in [3.63, 3.8) is 0 Å². The lowest BCUT2D eigenvalue weighted by atomic mass is 9.97. The maximum Gasteiger partial charge on any atom is 0.387 e. The number of nitrogens with zero attached hydrogens (tertiary/aromatic N) is 2. The van der Waals surface area contributed by atoms with Crippen LogP contribution in [0.25, 0.3) is 0 Å². The zero-order valence-electron chi connectivity index (χ0n) is 17.6. The van der Waals surface area contributed by atoms with E-state index in [1.807, 2.05) is 0 Å². The molecule has 9 heteroatoms. The lowest BCUT2D eigenvalue weighted by Gasteiger charge is -2.35. The number of nitrogens with one attached hydrogen (secondary N) is 2. The van der Waals surface area contributed by atoms with Crippen LogP contribution in [0.5, 0.6) is 11.5 Å². The van der Waals surface area contributed by atoms with Crippen molar-refractivity contribution >= 4 is 29.9 Å². The Hall–Kier alpha value is -1.36. The van der Waals surface area contributed by atoms with Crippen molar-refractivity contribution < 1.29 is 18.3 Å². The van der Waals surface area contributed by atoms with Crippen molar-refractivity contribution in [2.75, 3.05) is 33.8 Å². The molecule has 0 amide bonds. The molecule has 166 valence electrons. The summed E-state index contributed by atoms with van der Waals surface area (Å²) in [5, 5.41) is 6.52. The zero-order chi connectivity index (χ0) is 20.5. The van der Waals surface area contributed by atoms with Gasteiger partial charge in [0.25, 0.3) is 0 Å². The minimum atomic E-state index is -2.88. The normalized spacial score (nSPS) is 17.8. The van der Waals surface area contributed by atoms with Crippen LogP contribution in [0.1, 0.15) is 32.3 Å². The van der Waals surface area contributed by atoms with Gasteiger partial charge in [0, 0.05) is 38.3 Å². The molecular formula is C20H33F2IN4O2. The van der Waals surface area contributed by atoms with Crippen LogP contribution < -0.4 is 20.1 Å². The van der Waals surface area contributed by atoms with Crippen molar-refractivity contribution in [2.45, 2.75) is 45.9 Å². The van der Waals surface area contributed by atoms with Gasteiger partial charge in [0.15, 0.2) is 5.96 Å². The fourth-order valence-electron chi connectivity index (χ4n) is 3.41. The molecule has 1 fully saturated rings. The number of likely N-dealkylation sites (tertiary alicyclic amines) is 1. The second kappa shape index (κ2) is 13.0. The maximum absolute atomic E-state index is 12.6. The van der Waals surface area contributed by atoms with Gasteiger partial charge in [-0.2, -0.15) is 8.78 Å². The van der Waals surface area contributed by atoms with Crippen molar-refractivity contribution in [1.29, 1.82) is 0 Å². The highest BCUT2D eigenvalue weighted by atomic mass is 127. The number of ether oxygens (including phenoxy) is 2. The monoisotopic (exact) mass is 526 g/mol. The minimum absolute atomic E-state index is 0. The first-order valence-corrected chi connectivity index (χ1v) is 9.73. The third-order valence-electron chi connectivity index (χ3n) is 4.99. The third-order valence-corrected chi connectivity index (χ3v) is 4.99. The number of alkyl halides is 2. The molecule has 1 aromatic rings. The number of aliphatic imine (C=N–C) groups is 1. The van der Waals surface area contributed by atoms with E-state index in [9.17, 15) is 8.78 Å². The Kier molecular flexibility index (Phi) is 11.6. The van der Waals surface area contributed by atoms with Gasteiger partial charge in [-0.1, -0.05) is 0 Å². The van der Waals surface area contributed by atoms with Crippen LogP contribution in [-0.4, -0.2) is 57.3 Å². The first kappa shape index (κ1) is 25.7. The van der Waals surface area contributed by atoms with E-state index in [0.29, 0.717) is 35.8 Å². The second-order valence-electron chi connectivity index (χ2n) is 7.26. The summed E-state index contributed by atoms with van der Waals surface area (Å²) in [5.74, 6) is 1.90. The molecule has 0 aliphatic carbocycles. The first-order valence-electron chi connectivity index (χ1n) is 9.73. The lowest BCUT2D eigenvalue weighted by molar-refractivity contribution is -0.0504. The number of hydrogen-bond donors (Lipinski definition) is 2. The van der Waals surface area contributed by atoms with Gasteiger partial charge in [0.1, 0.15) is 11.5 Å². The van der Waals surface area contributed by atoms with E-state index in [1.165, 1.54) is 26.0 Å². The Morgan fingerprint density at radius 2 is 2.07 bits per heavy atom. The van der Waals surface area contributed by atoms with Gasteiger partial charge in [0.2, 0.25) is 0 Å². The number of halogens is 3. The summed E-state index contributed by atoms with van der Waals surface area (Å²) in [6.45, 7) is 4.92. The second-order valence-corrected chi connectivity index (χ2v) is 7.26. The quantitative estimate of drug-likeness (QED) is 0.308. The van der Waals surface area contributed by atoms with Crippen LogP contribution in [0.2, 0.25) is 0 Å². The van der Waals surface area contributed by atoms with Gasteiger partial charge < -0.3 is 25.0 Å². The standard InChI is InChI=1S/C20H32F2N4O2.HI/c1-14(2)26-9-5-6-15(13-26)11-24-20(23-3)25-12-16-10-17(27-4)7-8-18(16)28-19(21)22;/h7-8,10,14-15,19H,5-6,9,11-13H2,1-4H3,(H2,23,24,25);1H. The molecule has 1 atom stereocenters. The van der Waals surface area contributed by atoms with Crippen molar-refractivity contribution in [3.8, 4) is 11.5 Å². The number of methoxy groups -OCH3 is 1. The van der Waals surface area contributed by atoms with Crippen LogP contribution in [0.15, 0.2) is 23.2 Å². The van der Waals surface area contributed by atoms with E-state index in [2.05, 4.69) is 39.1 Å². The summed E-state index contributed by atoms with van der Waals surface area (Å²) < 4.78 is 35.1. The molecular weight excluding hydrogens is 493 g/mol. The SMILES string of the molecule is CN=C(NCc1cc(OC)ccc1OC(F)F)NCC1CCCN(C(C)C)C1.I. The number of rotatable bonds is 8. The van der Waals surface area contributed by atoms with Crippen molar-refractivity contribution in [2.24, 2.45) is 10.9 Å². The molecule has 1 aromatic carbocycles. The fourth-order valence-corrected chi connectivity index (χ4v) is 3.41. The van der Waals surface area contributed by atoms with Crippen molar-refractivity contribution in [3.05, 3.63) is 23.8 Å². The number of piperidine rings is 1. The van der Waals surface area contributed by atoms with E-state index >= 15 is 0 Å². The fraction of sp³-hybridized carbons (Fsp3) is 0.650. The van der Waals surface area contributed by atoms with Gasteiger partial charge >= 0.3 is 6.61 Å². The van der Waals surface area contributed by atoms with E-state index in [0.717, 1.165) is 19.6 Å². The molecule has 2 rings (SSSR count). The van der Waals surface area contributed by atoms with Gasteiger partial charge in [-0.25, -0.2) is 0 Å². The molecule has 0 saturated carbocycles. The van der Waals surface area contributed by atoms with Gasteiger partial charge in [-0.15, -0.1) is 24.0 Å². The molecule has 0 aromatic heterocycles. The molecule has 0 bridgehead atoms. The Morgan fingerprint density at radius 1 is 1.31 bits per heavy atom. The molecule has 1 aliphatic heterocycles. The number of benzene rings is 1. The highest BCUT2D eigenvalue weighted by Crippen LogP contribution is 2.25. The molecule has 1 unspecified atom stereocenters. The smallest absolute Gasteiger partial charge is 0.387 e. The Morgan fingerprint density at radius 3 is 2.69 bits per heavy atom. The highest BCUT2D eigenvalue weighted by Gasteiger charge is 2.21. The minimum Gasteiger partial charge on any atom is -0.497 e. The first-order chi connectivity index (χ1) is 13.4.